The van der Waals surface area contributed by atoms with Gasteiger partial charge in [0, 0.05) is 0 Å². The maximum absolute atomic E-state index is 9.17. The Morgan fingerprint density at radius 1 is 1.43 bits per heavy atom. The van der Waals surface area contributed by atoms with Crippen molar-refractivity contribution >= 4 is 11.4 Å². The molecule has 1 aromatic rings. The monoisotopic (exact) mass is 199 g/mol. The zero-order valence-electron chi connectivity index (χ0n) is 7.71. The van der Waals surface area contributed by atoms with Crippen LogP contribution in [0.5, 0.6) is 5.88 Å². The van der Waals surface area contributed by atoms with E-state index in [2.05, 4.69) is 4.98 Å². The van der Waals surface area contributed by atoms with E-state index >= 15 is 0 Å². The van der Waals surface area contributed by atoms with Crippen molar-refractivity contribution < 1.29 is 14.9 Å². The lowest BCUT2D eigenvalue weighted by atomic mass is 10.3. The third kappa shape index (κ3) is 2.48. The SMILES string of the molecule is CC(O)C(O)Oc1ncc(N)cc1N. The fraction of sp³-hybridized carbons (Fsp3) is 0.375. The molecule has 2 atom stereocenters. The predicted molar refractivity (Wildman–Crippen MR) is 51.4 cm³/mol. The predicted octanol–water partition coefficient (Wildman–Crippen LogP) is -0.676. The van der Waals surface area contributed by atoms with Gasteiger partial charge >= 0.3 is 0 Å². The molecule has 0 spiro atoms. The lowest BCUT2D eigenvalue weighted by Crippen LogP contribution is -2.29. The van der Waals surface area contributed by atoms with Crippen LogP contribution in [0.2, 0.25) is 0 Å². The minimum atomic E-state index is -1.35. The summed E-state index contributed by atoms with van der Waals surface area (Å²) in [6.07, 6.45) is -1.03. The van der Waals surface area contributed by atoms with Crippen LogP contribution in [0.3, 0.4) is 0 Å². The van der Waals surface area contributed by atoms with E-state index in [1.54, 1.807) is 0 Å². The van der Waals surface area contributed by atoms with Gasteiger partial charge in [-0.05, 0) is 13.0 Å². The van der Waals surface area contributed by atoms with Crippen LogP contribution in [0.1, 0.15) is 6.92 Å². The molecule has 14 heavy (non-hydrogen) atoms. The Morgan fingerprint density at radius 2 is 2.07 bits per heavy atom. The number of hydrogen-bond donors (Lipinski definition) is 4. The van der Waals surface area contributed by atoms with Crippen molar-refractivity contribution in [2.75, 3.05) is 11.5 Å². The van der Waals surface area contributed by atoms with E-state index in [-0.39, 0.29) is 11.6 Å². The first-order valence-corrected chi connectivity index (χ1v) is 4.04. The first-order valence-electron chi connectivity index (χ1n) is 4.04. The van der Waals surface area contributed by atoms with Crippen LogP contribution in [-0.2, 0) is 0 Å². The van der Waals surface area contributed by atoms with Crippen LogP contribution in [-0.4, -0.2) is 27.6 Å². The van der Waals surface area contributed by atoms with Gasteiger partial charge in [-0.15, -0.1) is 0 Å². The lowest BCUT2D eigenvalue weighted by Gasteiger charge is -2.15. The van der Waals surface area contributed by atoms with Gasteiger partial charge in [-0.2, -0.15) is 0 Å². The van der Waals surface area contributed by atoms with E-state index in [0.29, 0.717) is 5.69 Å². The van der Waals surface area contributed by atoms with Crippen LogP contribution in [0.4, 0.5) is 11.4 Å². The summed E-state index contributed by atoms with van der Waals surface area (Å²) in [5, 5.41) is 18.1. The zero-order valence-corrected chi connectivity index (χ0v) is 7.71. The van der Waals surface area contributed by atoms with Crippen LogP contribution < -0.4 is 16.2 Å². The molecule has 6 N–H and O–H groups in total. The number of nitrogens with zero attached hydrogens (tertiary/aromatic N) is 1. The fourth-order valence-electron chi connectivity index (χ4n) is 0.798. The maximum Gasteiger partial charge on any atom is 0.239 e. The van der Waals surface area contributed by atoms with Gasteiger partial charge in [-0.25, -0.2) is 4.98 Å². The number of anilines is 2. The summed E-state index contributed by atoms with van der Waals surface area (Å²) >= 11 is 0. The van der Waals surface area contributed by atoms with E-state index in [4.69, 9.17) is 21.3 Å². The van der Waals surface area contributed by atoms with Gasteiger partial charge in [0.1, 0.15) is 6.10 Å². The minimum Gasteiger partial charge on any atom is -0.444 e. The number of ether oxygens (including phenoxy) is 1. The number of pyridine rings is 1. The van der Waals surface area contributed by atoms with E-state index in [0.717, 1.165) is 0 Å². The lowest BCUT2D eigenvalue weighted by molar-refractivity contribution is -0.0975. The highest BCUT2D eigenvalue weighted by Crippen LogP contribution is 2.21. The van der Waals surface area contributed by atoms with Crippen molar-refractivity contribution in [3.63, 3.8) is 0 Å². The van der Waals surface area contributed by atoms with Crippen molar-refractivity contribution in [2.45, 2.75) is 19.3 Å². The number of nitrogen functional groups attached to an aromatic ring is 2. The maximum atomic E-state index is 9.17. The quantitative estimate of drug-likeness (QED) is 0.480. The van der Waals surface area contributed by atoms with E-state index < -0.39 is 12.4 Å². The van der Waals surface area contributed by atoms with Gasteiger partial charge in [0.25, 0.3) is 0 Å². The van der Waals surface area contributed by atoms with Crippen molar-refractivity contribution in [1.82, 2.24) is 4.98 Å². The van der Waals surface area contributed by atoms with Gasteiger partial charge in [0.15, 0.2) is 0 Å². The van der Waals surface area contributed by atoms with Crippen molar-refractivity contribution in [2.24, 2.45) is 0 Å². The smallest absolute Gasteiger partial charge is 0.239 e. The molecular weight excluding hydrogens is 186 g/mol. The Balaban J connectivity index is 2.77. The van der Waals surface area contributed by atoms with E-state index in [1.807, 2.05) is 0 Å². The van der Waals surface area contributed by atoms with Gasteiger partial charge in [0.2, 0.25) is 12.2 Å². The first-order chi connectivity index (χ1) is 6.50. The second-order valence-corrected chi connectivity index (χ2v) is 2.91. The van der Waals surface area contributed by atoms with Gasteiger partial charge in [-0.1, -0.05) is 0 Å². The molecule has 0 fully saturated rings. The average Bonchev–Trinajstić information content (AvgIpc) is 2.09. The van der Waals surface area contributed by atoms with Crippen LogP contribution >= 0.6 is 0 Å². The molecule has 0 aliphatic rings. The van der Waals surface area contributed by atoms with Crippen molar-refractivity contribution in [1.29, 1.82) is 0 Å². The summed E-state index contributed by atoms with van der Waals surface area (Å²) in [5.41, 5.74) is 11.5. The Bertz CT molecular complexity index is 317. The number of nitrogens with two attached hydrogens (primary N) is 2. The molecule has 6 nitrogen and oxygen atoms in total. The molecule has 1 heterocycles. The number of hydrogen-bond acceptors (Lipinski definition) is 6. The number of aromatic nitrogens is 1. The molecule has 6 heteroatoms. The third-order valence-electron chi connectivity index (χ3n) is 1.55. The molecule has 78 valence electrons. The summed E-state index contributed by atoms with van der Waals surface area (Å²) in [6, 6.07) is 1.46. The topological polar surface area (TPSA) is 115 Å². The average molecular weight is 199 g/mol. The first kappa shape index (κ1) is 10.6. The molecule has 0 aliphatic heterocycles. The molecule has 0 radical (unpaired) electrons. The van der Waals surface area contributed by atoms with E-state index in [9.17, 15) is 5.11 Å². The van der Waals surface area contributed by atoms with Crippen molar-refractivity contribution in [3.8, 4) is 5.88 Å². The molecule has 0 amide bonds. The van der Waals surface area contributed by atoms with E-state index in [1.165, 1.54) is 19.2 Å². The van der Waals surface area contributed by atoms with Crippen LogP contribution in [0, 0.1) is 0 Å². The summed E-state index contributed by atoms with van der Waals surface area (Å²) in [6.45, 7) is 1.39. The Hall–Kier alpha value is -1.53. The molecule has 0 aromatic carbocycles. The number of aliphatic hydroxyl groups is 2. The molecule has 1 aromatic heterocycles. The summed E-state index contributed by atoms with van der Waals surface area (Å²) in [5.74, 6) is 0.0487. The normalized spacial score (nSPS) is 14.8. The van der Waals surface area contributed by atoms with Crippen LogP contribution in [0.15, 0.2) is 12.3 Å². The Labute approximate surface area is 81.1 Å². The molecule has 0 bridgehead atoms. The molecule has 0 saturated heterocycles. The highest BCUT2D eigenvalue weighted by molar-refractivity contribution is 5.56. The van der Waals surface area contributed by atoms with Crippen LogP contribution in [0.25, 0.3) is 0 Å². The van der Waals surface area contributed by atoms with Gasteiger partial charge in [0.05, 0.1) is 17.6 Å². The molecule has 0 saturated carbocycles. The second kappa shape index (κ2) is 4.12. The Kier molecular flexibility index (Phi) is 3.10. The number of aliphatic hydroxyl groups excluding tert-OH is 2. The highest BCUT2D eigenvalue weighted by Gasteiger charge is 2.14. The second-order valence-electron chi connectivity index (χ2n) is 2.91. The summed E-state index contributed by atoms with van der Waals surface area (Å²) in [4.78, 5) is 3.76. The number of rotatable bonds is 3. The van der Waals surface area contributed by atoms with Gasteiger partial charge in [-0.3, -0.25) is 0 Å². The Morgan fingerprint density at radius 3 is 2.57 bits per heavy atom. The van der Waals surface area contributed by atoms with Gasteiger partial charge < -0.3 is 26.4 Å². The standard InChI is InChI=1S/C8H13N3O3/c1-4(12)8(13)14-7-6(10)2-5(9)3-11-7/h2-4,8,12-13H,9-10H2,1H3. The molecular formula is C8H13N3O3. The summed E-state index contributed by atoms with van der Waals surface area (Å²) < 4.78 is 4.88. The highest BCUT2D eigenvalue weighted by atomic mass is 16.6. The third-order valence-corrected chi connectivity index (χ3v) is 1.55. The zero-order chi connectivity index (χ0) is 10.7. The largest absolute Gasteiger partial charge is 0.444 e. The van der Waals surface area contributed by atoms with Crippen molar-refractivity contribution in [3.05, 3.63) is 12.3 Å². The molecule has 2 unspecified atom stereocenters. The minimum absolute atomic E-state index is 0.0487. The summed E-state index contributed by atoms with van der Waals surface area (Å²) in [7, 11) is 0. The fourth-order valence-corrected chi connectivity index (χ4v) is 0.798. The molecule has 0 aliphatic carbocycles. The molecule has 1 rings (SSSR count).